The van der Waals surface area contributed by atoms with Gasteiger partial charge in [0, 0.05) is 11.8 Å². The van der Waals surface area contributed by atoms with Gasteiger partial charge < -0.3 is 10.1 Å². The van der Waals surface area contributed by atoms with Crippen LogP contribution in [-0.2, 0) is 4.74 Å². The van der Waals surface area contributed by atoms with E-state index >= 15 is 0 Å². The highest BCUT2D eigenvalue weighted by molar-refractivity contribution is 7.98. The van der Waals surface area contributed by atoms with Crippen molar-refractivity contribution in [2.75, 3.05) is 12.9 Å². The first-order chi connectivity index (χ1) is 9.47. The van der Waals surface area contributed by atoms with Crippen molar-refractivity contribution in [2.45, 2.75) is 32.7 Å². The predicted octanol–water partition coefficient (Wildman–Crippen LogP) is 2.31. The Balaban J connectivity index is 4.69. The van der Waals surface area contributed by atoms with Crippen LogP contribution in [0.25, 0.3) is 0 Å². The number of hydrogen-bond acceptors (Lipinski definition) is 5. The lowest BCUT2D eigenvalue weighted by atomic mass is 10.2. The Kier molecular flexibility index (Phi) is 9.27. The summed E-state index contributed by atoms with van der Waals surface area (Å²) in [6, 6.07) is -2.05. The van der Waals surface area contributed by atoms with Crippen LogP contribution in [0.5, 0.6) is 0 Å². The Morgan fingerprint density at radius 1 is 1.50 bits per heavy atom. The Bertz CT molecular complexity index is 363. The van der Waals surface area contributed by atoms with Gasteiger partial charge >= 0.3 is 18.1 Å². The first-order valence-corrected chi connectivity index (χ1v) is 7.22. The molecule has 4 amide bonds. The van der Waals surface area contributed by atoms with Gasteiger partial charge in [-0.05, 0) is 25.3 Å². The van der Waals surface area contributed by atoms with E-state index in [0.29, 0.717) is 10.7 Å². The fraction of sp³-hybridized carbons (Fsp3) is 0.583. The van der Waals surface area contributed by atoms with Gasteiger partial charge in [-0.2, -0.15) is 4.90 Å². The summed E-state index contributed by atoms with van der Waals surface area (Å²) in [5.74, 6) is 0.494. The quantitative estimate of drug-likeness (QED) is 0.231. The average molecular weight is 302 g/mol. The van der Waals surface area contributed by atoms with E-state index in [9.17, 15) is 9.59 Å². The van der Waals surface area contributed by atoms with Crippen molar-refractivity contribution in [3.05, 3.63) is 12.7 Å². The maximum atomic E-state index is 12.0. The Hall–Kier alpha value is -1.70. The average Bonchev–Trinajstić information content (AvgIpc) is 2.39. The third-order valence-electron chi connectivity index (χ3n) is 2.25. The number of carbonyl (C=O) groups excluding carboxylic acids is 2. The molecule has 0 aliphatic heterocycles. The molecule has 0 rings (SSSR count). The molecule has 0 radical (unpaired) electrons. The molecule has 0 heterocycles. The van der Waals surface area contributed by atoms with E-state index in [2.05, 4.69) is 21.4 Å². The van der Waals surface area contributed by atoms with Gasteiger partial charge in [0.25, 0.3) is 0 Å². The smallest absolute Gasteiger partial charge is 0.343 e. The molecule has 7 nitrogen and oxygen atoms in total. The second-order valence-corrected chi connectivity index (χ2v) is 4.82. The van der Waals surface area contributed by atoms with Crippen molar-refractivity contribution in [3.8, 4) is 0 Å². The lowest BCUT2D eigenvalue weighted by Crippen LogP contribution is -2.52. The van der Waals surface area contributed by atoms with Crippen LogP contribution >= 0.6 is 11.9 Å². The van der Waals surface area contributed by atoms with Crippen LogP contribution in [0.4, 0.5) is 9.59 Å². The first-order valence-electron chi connectivity index (χ1n) is 6.23. The van der Waals surface area contributed by atoms with Crippen molar-refractivity contribution in [3.63, 3.8) is 0 Å². The maximum absolute atomic E-state index is 12.0. The topological polar surface area (TPSA) is 94.5 Å². The third kappa shape index (κ3) is 6.46. The zero-order valence-corrected chi connectivity index (χ0v) is 12.9. The van der Waals surface area contributed by atoms with Gasteiger partial charge in [0.05, 0.1) is 7.11 Å². The molecule has 8 heteroatoms. The molecule has 0 saturated carbocycles. The summed E-state index contributed by atoms with van der Waals surface area (Å²) in [5, 5.41) is 10.2. The molecule has 1 unspecified atom stereocenters. The van der Waals surface area contributed by atoms with Gasteiger partial charge in [-0.25, -0.2) is 9.59 Å². The molecular formula is C12H22N4O3S. The van der Waals surface area contributed by atoms with E-state index in [4.69, 9.17) is 5.41 Å². The molecule has 0 aromatic carbocycles. The fourth-order valence-corrected chi connectivity index (χ4v) is 1.77. The Morgan fingerprint density at radius 2 is 2.15 bits per heavy atom. The van der Waals surface area contributed by atoms with Crippen LogP contribution < -0.4 is 10.0 Å². The SMILES string of the molecule is C=CCSNC(=O)N(C(=N)OC)C(=O)NC(C)CCC. The van der Waals surface area contributed by atoms with E-state index in [1.54, 1.807) is 6.08 Å². The lowest BCUT2D eigenvalue weighted by Gasteiger charge is -2.22. The second kappa shape index (κ2) is 10.1. The van der Waals surface area contributed by atoms with Gasteiger partial charge in [-0.1, -0.05) is 19.4 Å². The minimum absolute atomic E-state index is 0.0896. The predicted molar refractivity (Wildman–Crippen MR) is 80.7 cm³/mol. The highest BCUT2D eigenvalue weighted by Gasteiger charge is 2.27. The number of nitrogens with one attached hydrogen (secondary N) is 3. The molecule has 0 aliphatic carbocycles. The highest BCUT2D eigenvalue weighted by Crippen LogP contribution is 2.02. The number of nitrogens with zero attached hydrogens (tertiary/aromatic N) is 1. The van der Waals surface area contributed by atoms with E-state index in [0.717, 1.165) is 24.8 Å². The Labute approximate surface area is 123 Å². The molecule has 0 aromatic heterocycles. The number of urea groups is 2. The largest absolute Gasteiger partial charge is 0.468 e. The van der Waals surface area contributed by atoms with E-state index in [-0.39, 0.29) is 6.04 Å². The lowest BCUT2D eigenvalue weighted by molar-refractivity contribution is 0.195. The number of ether oxygens (including phenoxy) is 1. The van der Waals surface area contributed by atoms with Gasteiger partial charge in [0.15, 0.2) is 0 Å². The number of methoxy groups -OCH3 is 1. The number of amidine groups is 1. The minimum atomic E-state index is -0.732. The summed E-state index contributed by atoms with van der Waals surface area (Å²) in [4.78, 5) is 24.5. The van der Waals surface area contributed by atoms with Crippen molar-refractivity contribution < 1.29 is 14.3 Å². The fourth-order valence-electron chi connectivity index (χ4n) is 1.36. The Morgan fingerprint density at radius 3 is 2.65 bits per heavy atom. The van der Waals surface area contributed by atoms with Crippen LogP contribution in [0.15, 0.2) is 12.7 Å². The molecule has 0 bridgehead atoms. The van der Waals surface area contributed by atoms with Crippen LogP contribution in [-0.4, -0.2) is 41.9 Å². The number of rotatable bonds is 6. The van der Waals surface area contributed by atoms with Crippen molar-refractivity contribution >= 4 is 30.0 Å². The molecule has 0 fully saturated rings. The zero-order chi connectivity index (χ0) is 15.5. The van der Waals surface area contributed by atoms with Crippen molar-refractivity contribution in [1.29, 1.82) is 5.41 Å². The molecule has 0 aromatic rings. The number of amides is 4. The summed E-state index contributed by atoms with van der Waals surface area (Å²) in [5.41, 5.74) is 0. The van der Waals surface area contributed by atoms with Crippen LogP contribution in [0.1, 0.15) is 26.7 Å². The summed E-state index contributed by atoms with van der Waals surface area (Å²) in [6.07, 6.45) is 3.30. The zero-order valence-electron chi connectivity index (χ0n) is 12.1. The molecule has 114 valence electrons. The molecular weight excluding hydrogens is 280 g/mol. The summed E-state index contributed by atoms with van der Waals surface area (Å²) in [6.45, 7) is 7.35. The number of hydrogen-bond donors (Lipinski definition) is 3. The van der Waals surface area contributed by atoms with Crippen LogP contribution in [0.2, 0.25) is 0 Å². The second-order valence-electron chi connectivity index (χ2n) is 3.99. The maximum Gasteiger partial charge on any atom is 0.343 e. The molecule has 1 atom stereocenters. The van der Waals surface area contributed by atoms with E-state index in [1.807, 2.05) is 13.8 Å². The molecule has 20 heavy (non-hydrogen) atoms. The van der Waals surface area contributed by atoms with Gasteiger partial charge in [-0.15, -0.1) is 6.58 Å². The van der Waals surface area contributed by atoms with Gasteiger partial charge in [-0.3, -0.25) is 10.1 Å². The number of imide groups is 1. The summed E-state index contributed by atoms with van der Waals surface area (Å²) in [7, 11) is 1.22. The van der Waals surface area contributed by atoms with Gasteiger partial charge in [0.2, 0.25) is 0 Å². The van der Waals surface area contributed by atoms with Crippen LogP contribution in [0, 0.1) is 5.41 Å². The summed E-state index contributed by atoms with van der Waals surface area (Å²) >= 11 is 1.07. The van der Waals surface area contributed by atoms with E-state index < -0.39 is 18.1 Å². The minimum Gasteiger partial charge on any atom is -0.468 e. The van der Waals surface area contributed by atoms with Gasteiger partial charge in [0.1, 0.15) is 0 Å². The molecule has 0 spiro atoms. The third-order valence-corrected chi connectivity index (χ3v) is 2.98. The van der Waals surface area contributed by atoms with Crippen molar-refractivity contribution in [1.82, 2.24) is 14.9 Å². The molecule has 0 saturated heterocycles. The van der Waals surface area contributed by atoms with E-state index in [1.165, 1.54) is 7.11 Å². The van der Waals surface area contributed by atoms with Crippen molar-refractivity contribution in [2.24, 2.45) is 0 Å². The monoisotopic (exact) mass is 302 g/mol. The molecule has 3 N–H and O–H groups in total. The highest BCUT2D eigenvalue weighted by atomic mass is 32.2. The van der Waals surface area contributed by atoms with Crippen LogP contribution in [0.3, 0.4) is 0 Å². The standard InChI is InChI=1S/C12H22N4O3S/c1-5-7-9(3)14-11(17)16(10(13)19-4)12(18)15-20-8-6-2/h6,9,13H,2,5,7-8H2,1,3-4H3,(H,14,17)(H,15,18). The summed E-state index contributed by atoms with van der Waals surface area (Å²) < 4.78 is 7.10. The molecule has 0 aliphatic rings. The normalized spacial score (nSPS) is 11.2. The first kappa shape index (κ1) is 18.3. The number of carbonyl (C=O) groups is 2.